The highest BCUT2D eigenvalue weighted by Gasteiger charge is 2.62. The van der Waals surface area contributed by atoms with Crippen LogP contribution in [0.2, 0.25) is 0 Å². The number of alkyl halides is 1. The van der Waals surface area contributed by atoms with Gasteiger partial charge in [0.15, 0.2) is 0 Å². The summed E-state index contributed by atoms with van der Waals surface area (Å²) in [5, 5.41) is 0. The lowest BCUT2D eigenvalue weighted by atomic mass is 9.64. The zero-order valence-corrected chi connectivity index (χ0v) is 12.1. The molecule has 1 aromatic carbocycles. The molecule has 3 fully saturated rings. The van der Waals surface area contributed by atoms with Crippen molar-refractivity contribution in [1.29, 1.82) is 0 Å². The van der Waals surface area contributed by atoms with Crippen LogP contribution in [-0.2, 0) is 5.41 Å². The molecular weight excluding hydrogens is 254 g/mol. The van der Waals surface area contributed by atoms with E-state index in [0.717, 1.165) is 30.2 Å². The first kappa shape index (κ1) is 12.2. The van der Waals surface area contributed by atoms with Crippen molar-refractivity contribution in [2.75, 3.05) is 25.5 Å². The fraction of sp³-hybridized carbons (Fsp3) is 0.647. The van der Waals surface area contributed by atoms with Crippen LogP contribution in [-0.4, -0.2) is 30.4 Å². The van der Waals surface area contributed by atoms with E-state index < -0.39 is 0 Å². The Hall–Kier alpha value is -0.530. The van der Waals surface area contributed by atoms with Gasteiger partial charge in [0.2, 0.25) is 0 Å². The molecule has 0 spiro atoms. The highest BCUT2D eigenvalue weighted by molar-refractivity contribution is 6.18. The summed E-state index contributed by atoms with van der Waals surface area (Å²) in [6.07, 6.45) is 4.40. The molecule has 4 rings (SSSR count). The molecular formula is C17H22ClN. The average molecular weight is 276 g/mol. The van der Waals surface area contributed by atoms with Crippen LogP contribution in [0.5, 0.6) is 0 Å². The lowest BCUT2D eigenvalue weighted by molar-refractivity contribution is 0.222. The molecule has 2 saturated carbocycles. The van der Waals surface area contributed by atoms with E-state index in [2.05, 4.69) is 35.2 Å². The van der Waals surface area contributed by atoms with E-state index in [1.807, 2.05) is 0 Å². The molecule has 1 aliphatic heterocycles. The van der Waals surface area contributed by atoms with Gasteiger partial charge >= 0.3 is 0 Å². The van der Waals surface area contributed by atoms with Crippen molar-refractivity contribution in [1.82, 2.24) is 4.90 Å². The number of hydrogen-bond donors (Lipinski definition) is 0. The second kappa shape index (κ2) is 4.49. The summed E-state index contributed by atoms with van der Waals surface area (Å²) in [7, 11) is 0. The van der Waals surface area contributed by atoms with E-state index in [-0.39, 0.29) is 0 Å². The highest BCUT2D eigenvalue weighted by Crippen LogP contribution is 2.63. The second-order valence-corrected chi connectivity index (χ2v) is 7.09. The van der Waals surface area contributed by atoms with Crippen LogP contribution in [0.25, 0.3) is 0 Å². The summed E-state index contributed by atoms with van der Waals surface area (Å²) >= 11 is 5.98. The van der Waals surface area contributed by atoms with Gasteiger partial charge < -0.3 is 4.90 Å². The summed E-state index contributed by atoms with van der Waals surface area (Å²) < 4.78 is 0. The summed E-state index contributed by atoms with van der Waals surface area (Å²) in [6.45, 7) is 3.59. The Kier molecular flexibility index (Phi) is 2.89. The van der Waals surface area contributed by atoms with E-state index in [0.29, 0.717) is 5.41 Å². The highest BCUT2D eigenvalue weighted by atomic mass is 35.5. The number of nitrogens with zero attached hydrogens (tertiary/aromatic N) is 1. The maximum Gasteiger partial charge on any atom is 0.0351 e. The van der Waals surface area contributed by atoms with Crippen molar-refractivity contribution >= 4 is 11.6 Å². The summed E-state index contributed by atoms with van der Waals surface area (Å²) in [5.74, 6) is 3.56. The van der Waals surface area contributed by atoms with Gasteiger partial charge in [0.1, 0.15) is 0 Å². The molecule has 2 aliphatic carbocycles. The monoisotopic (exact) mass is 275 g/mol. The molecule has 0 N–H and O–H groups in total. The van der Waals surface area contributed by atoms with E-state index in [9.17, 15) is 0 Å². The molecule has 0 unspecified atom stereocenters. The Bertz CT molecular complexity index is 460. The molecule has 19 heavy (non-hydrogen) atoms. The predicted molar refractivity (Wildman–Crippen MR) is 79.6 cm³/mol. The van der Waals surface area contributed by atoms with Crippen molar-refractivity contribution in [3.63, 3.8) is 0 Å². The van der Waals surface area contributed by atoms with Crippen molar-refractivity contribution in [3.05, 3.63) is 35.9 Å². The standard InChI is InChI=1S/C17H22ClN/c18-8-9-19-11-16-13-6-7-15(10-13)17(16,12-19)14-4-2-1-3-5-14/h1-5,13,15-16H,6-12H2/t13-,15-,16-,17-/m1/s1. The Balaban J connectivity index is 1.74. The largest absolute Gasteiger partial charge is 0.301 e. The molecule has 0 aromatic heterocycles. The fourth-order valence-corrected chi connectivity index (χ4v) is 5.66. The molecule has 1 heterocycles. The SMILES string of the molecule is ClCCN1C[C@@H]2[C@@H]3CC[C@H](C3)[C@]2(c2ccccc2)C1. The van der Waals surface area contributed by atoms with Gasteiger partial charge in [-0.05, 0) is 42.6 Å². The lowest BCUT2D eigenvalue weighted by Crippen LogP contribution is -2.40. The molecule has 0 radical (unpaired) electrons. The van der Waals surface area contributed by atoms with Gasteiger partial charge in [-0.1, -0.05) is 30.3 Å². The lowest BCUT2D eigenvalue weighted by Gasteiger charge is -2.39. The van der Waals surface area contributed by atoms with Crippen molar-refractivity contribution in [3.8, 4) is 0 Å². The van der Waals surface area contributed by atoms with Gasteiger partial charge in [-0.2, -0.15) is 0 Å². The third-order valence-electron chi connectivity index (χ3n) is 6.08. The number of rotatable bonds is 3. The zero-order valence-electron chi connectivity index (χ0n) is 11.4. The fourth-order valence-electron chi connectivity index (χ4n) is 5.42. The molecule has 1 nitrogen and oxygen atoms in total. The Morgan fingerprint density at radius 3 is 2.84 bits per heavy atom. The average Bonchev–Trinajstić information content (AvgIpc) is 3.10. The Labute approximate surface area is 120 Å². The number of benzene rings is 1. The van der Waals surface area contributed by atoms with Crippen LogP contribution in [0.4, 0.5) is 0 Å². The van der Waals surface area contributed by atoms with E-state index >= 15 is 0 Å². The maximum absolute atomic E-state index is 5.98. The smallest absolute Gasteiger partial charge is 0.0351 e. The summed E-state index contributed by atoms with van der Waals surface area (Å²) in [6, 6.07) is 11.3. The number of halogens is 1. The molecule has 0 amide bonds. The third kappa shape index (κ3) is 1.64. The van der Waals surface area contributed by atoms with E-state index in [4.69, 9.17) is 11.6 Å². The van der Waals surface area contributed by atoms with Crippen molar-refractivity contribution in [2.45, 2.75) is 24.7 Å². The maximum atomic E-state index is 5.98. The minimum absolute atomic E-state index is 0.455. The van der Waals surface area contributed by atoms with Crippen molar-refractivity contribution < 1.29 is 0 Å². The molecule has 2 heteroatoms. The molecule has 3 aliphatic rings. The zero-order chi connectivity index (χ0) is 12.9. The van der Waals surface area contributed by atoms with E-state index in [1.165, 1.54) is 32.4 Å². The van der Waals surface area contributed by atoms with Crippen LogP contribution in [0, 0.1) is 17.8 Å². The molecule has 1 aromatic rings. The van der Waals surface area contributed by atoms with Crippen LogP contribution < -0.4 is 0 Å². The van der Waals surface area contributed by atoms with Gasteiger partial charge in [0.05, 0.1) is 0 Å². The van der Waals surface area contributed by atoms with Gasteiger partial charge in [0.25, 0.3) is 0 Å². The van der Waals surface area contributed by atoms with Crippen LogP contribution in [0.1, 0.15) is 24.8 Å². The minimum atomic E-state index is 0.455. The quantitative estimate of drug-likeness (QED) is 0.763. The minimum Gasteiger partial charge on any atom is -0.301 e. The summed E-state index contributed by atoms with van der Waals surface area (Å²) in [4.78, 5) is 2.62. The predicted octanol–water partition coefficient (Wildman–Crippen LogP) is 3.52. The van der Waals surface area contributed by atoms with Gasteiger partial charge in [0, 0.05) is 30.9 Å². The molecule has 102 valence electrons. The van der Waals surface area contributed by atoms with E-state index in [1.54, 1.807) is 5.56 Å². The number of likely N-dealkylation sites (tertiary alicyclic amines) is 1. The first-order valence-electron chi connectivity index (χ1n) is 7.68. The van der Waals surface area contributed by atoms with Gasteiger partial charge in [-0.25, -0.2) is 0 Å². The Morgan fingerprint density at radius 1 is 1.21 bits per heavy atom. The van der Waals surface area contributed by atoms with Crippen LogP contribution >= 0.6 is 11.6 Å². The van der Waals surface area contributed by atoms with Gasteiger partial charge in [-0.3, -0.25) is 0 Å². The molecule has 4 atom stereocenters. The number of hydrogen-bond acceptors (Lipinski definition) is 1. The van der Waals surface area contributed by atoms with Crippen LogP contribution in [0.15, 0.2) is 30.3 Å². The Morgan fingerprint density at radius 2 is 2.05 bits per heavy atom. The normalized spacial score (nSPS) is 40.8. The third-order valence-corrected chi connectivity index (χ3v) is 6.25. The first-order valence-corrected chi connectivity index (χ1v) is 8.22. The second-order valence-electron chi connectivity index (χ2n) is 6.71. The molecule has 2 bridgehead atoms. The first-order chi connectivity index (χ1) is 9.34. The molecule has 1 saturated heterocycles. The topological polar surface area (TPSA) is 3.24 Å². The number of fused-ring (bicyclic) bond motifs is 5. The van der Waals surface area contributed by atoms with Crippen molar-refractivity contribution in [2.24, 2.45) is 17.8 Å². The van der Waals surface area contributed by atoms with Gasteiger partial charge in [-0.15, -0.1) is 11.6 Å². The summed E-state index contributed by atoms with van der Waals surface area (Å²) in [5.41, 5.74) is 2.06. The van der Waals surface area contributed by atoms with Crippen LogP contribution in [0.3, 0.4) is 0 Å².